The van der Waals surface area contributed by atoms with Crippen LogP contribution in [0.2, 0.25) is 0 Å². The summed E-state index contributed by atoms with van der Waals surface area (Å²) in [6.07, 6.45) is 40.7. The normalized spacial score (nSPS) is 14.9. The lowest BCUT2D eigenvalue weighted by atomic mass is 10.0. The molecule has 8 nitrogen and oxygen atoms in total. The van der Waals surface area contributed by atoms with Crippen molar-refractivity contribution >= 4 is 13.7 Å². The van der Waals surface area contributed by atoms with Crippen molar-refractivity contribution < 1.29 is 32.9 Å². The number of unbranched alkanes of at least 4 members (excludes halogenated alkanes) is 20. The zero-order valence-corrected chi connectivity index (χ0v) is 34.7. The van der Waals surface area contributed by atoms with E-state index in [2.05, 4.69) is 43.5 Å². The molecule has 300 valence electrons. The van der Waals surface area contributed by atoms with Crippen LogP contribution in [0.1, 0.15) is 174 Å². The molecule has 0 aliphatic carbocycles. The van der Waals surface area contributed by atoms with Gasteiger partial charge in [-0.25, -0.2) is 4.57 Å². The second kappa shape index (κ2) is 34.5. The highest BCUT2D eigenvalue weighted by Crippen LogP contribution is 2.43. The molecule has 3 unspecified atom stereocenters. The van der Waals surface area contributed by atoms with Gasteiger partial charge < -0.3 is 19.8 Å². The van der Waals surface area contributed by atoms with Crippen molar-refractivity contribution in [1.29, 1.82) is 0 Å². The molecule has 0 bridgehead atoms. The monoisotopic (exact) mass is 742 g/mol. The Morgan fingerprint density at radius 1 is 0.647 bits per heavy atom. The summed E-state index contributed by atoms with van der Waals surface area (Å²) < 4.78 is 23.5. The predicted octanol–water partition coefficient (Wildman–Crippen LogP) is 11.1. The van der Waals surface area contributed by atoms with Crippen LogP contribution in [0, 0.1) is 0 Å². The molecular formula is C42H82N2O6P+. The lowest BCUT2D eigenvalue weighted by Crippen LogP contribution is -2.45. The molecular weight excluding hydrogens is 659 g/mol. The number of hydrogen-bond acceptors (Lipinski definition) is 5. The van der Waals surface area contributed by atoms with Crippen LogP contribution in [0.5, 0.6) is 0 Å². The Morgan fingerprint density at radius 3 is 1.57 bits per heavy atom. The van der Waals surface area contributed by atoms with E-state index in [9.17, 15) is 19.4 Å². The molecule has 0 fully saturated rings. The van der Waals surface area contributed by atoms with Crippen molar-refractivity contribution in [3.8, 4) is 0 Å². The first-order chi connectivity index (χ1) is 24.5. The number of carbonyl (C=O) groups is 1. The van der Waals surface area contributed by atoms with Gasteiger partial charge in [0.25, 0.3) is 0 Å². The molecule has 3 atom stereocenters. The minimum atomic E-state index is -4.34. The smallest absolute Gasteiger partial charge is 0.387 e. The number of phosphoric acid groups is 1. The van der Waals surface area contributed by atoms with Crippen molar-refractivity contribution in [3.63, 3.8) is 0 Å². The average Bonchev–Trinajstić information content (AvgIpc) is 3.07. The maximum atomic E-state index is 12.8. The van der Waals surface area contributed by atoms with Crippen LogP contribution in [-0.4, -0.2) is 73.4 Å². The Labute approximate surface area is 315 Å². The number of nitrogens with zero attached hydrogens (tertiary/aromatic N) is 1. The number of likely N-dealkylation sites (N-methyl/N-ethyl adjacent to an activating group) is 1. The summed E-state index contributed by atoms with van der Waals surface area (Å²) in [7, 11) is 1.55. The highest BCUT2D eigenvalue weighted by atomic mass is 31.2. The third kappa shape index (κ3) is 36.9. The van der Waals surface area contributed by atoms with Gasteiger partial charge in [-0.2, -0.15) is 0 Å². The van der Waals surface area contributed by atoms with Crippen molar-refractivity contribution in [2.45, 2.75) is 187 Å². The average molecular weight is 742 g/mol. The third-order valence-electron chi connectivity index (χ3n) is 9.09. The molecule has 0 aliphatic heterocycles. The number of amides is 1. The molecule has 51 heavy (non-hydrogen) atoms. The molecule has 0 aromatic carbocycles. The van der Waals surface area contributed by atoms with E-state index in [4.69, 9.17) is 9.05 Å². The molecule has 3 N–H and O–H groups in total. The molecule has 0 aliphatic rings. The second-order valence-electron chi connectivity index (χ2n) is 15.4. The SMILES string of the molecule is CCCCC/C=C/CC/C=C/CC/C=C/C(O)C(COP(=O)(O)OCC[N+](C)(C)C)NC(=O)CCCCCCCCCCCCCCCCCC. The summed E-state index contributed by atoms with van der Waals surface area (Å²) in [5.41, 5.74) is 0. The van der Waals surface area contributed by atoms with Crippen molar-refractivity contribution in [3.05, 3.63) is 36.5 Å². The van der Waals surface area contributed by atoms with Gasteiger partial charge in [-0.1, -0.05) is 159 Å². The fraction of sp³-hybridized carbons (Fsp3) is 0.833. The molecule has 0 radical (unpaired) electrons. The Morgan fingerprint density at radius 2 is 1.08 bits per heavy atom. The number of quaternary nitrogens is 1. The topological polar surface area (TPSA) is 105 Å². The number of nitrogens with one attached hydrogen (secondary N) is 1. The fourth-order valence-electron chi connectivity index (χ4n) is 5.72. The molecule has 0 aromatic rings. The highest BCUT2D eigenvalue weighted by molar-refractivity contribution is 7.47. The summed E-state index contributed by atoms with van der Waals surface area (Å²) in [5, 5.41) is 13.7. The first kappa shape index (κ1) is 49.7. The van der Waals surface area contributed by atoms with Crippen LogP contribution >= 0.6 is 7.82 Å². The van der Waals surface area contributed by atoms with Crippen LogP contribution in [0.4, 0.5) is 0 Å². The summed E-state index contributed by atoms with van der Waals surface area (Å²) in [5.74, 6) is -0.192. The van der Waals surface area contributed by atoms with Crippen LogP contribution in [0.15, 0.2) is 36.5 Å². The van der Waals surface area contributed by atoms with Gasteiger partial charge in [0.15, 0.2) is 0 Å². The number of allylic oxidation sites excluding steroid dienone is 5. The van der Waals surface area contributed by atoms with Crippen molar-refractivity contribution in [2.24, 2.45) is 0 Å². The molecule has 0 saturated carbocycles. The quantitative estimate of drug-likeness (QED) is 0.0253. The lowest BCUT2D eigenvalue weighted by Gasteiger charge is -2.25. The Kier molecular flexibility index (Phi) is 33.6. The number of phosphoric ester groups is 1. The largest absolute Gasteiger partial charge is 0.472 e. The first-order valence-corrected chi connectivity index (χ1v) is 22.4. The standard InChI is InChI=1S/C42H81N2O6P/c1-6-8-10-12-14-16-18-20-21-22-24-26-28-30-32-34-36-42(46)43-40(39-50-51(47,48)49-38-37-44(3,4)5)41(45)35-33-31-29-27-25-23-19-17-15-13-11-9-7-2/h15,17,25,27,33,35,40-41,45H,6-14,16,18-24,26,28-32,34,36-39H2,1-5H3,(H-,43,46,47,48)/p+1/b17-15+,27-25+,35-33+. The Hall–Kier alpha value is -1.28. The summed E-state index contributed by atoms with van der Waals surface area (Å²) in [4.78, 5) is 23.0. The zero-order chi connectivity index (χ0) is 37.9. The van der Waals surface area contributed by atoms with Gasteiger partial charge in [-0.3, -0.25) is 13.8 Å². The molecule has 0 rings (SSSR count). The molecule has 9 heteroatoms. The first-order valence-electron chi connectivity index (χ1n) is 20.9. The Balaban J connectivity index is 4.51. The summed E-state index contributed by atoms with van der Waals surface area (Å²) in [6.45, 7) is 4.74. The van der Waals surface area contributed by atoms with Gasteiger partial charge in [0.2, 0.25) is 5.91 Å². The Bertz CT molecular complexity index is 933. The molecule has 0 heterocycles. The third-order valence-corrected chi connectivity index (χ3v) is 10.1. The number of rotatable bonds is 37. The van der Waals surface area contributed by atoms with Crippen molar-refractivity contribution in [2.75, 3.05) is 40.9 Å². The number of hydrogen-bond donors (Lipinski definition) is 3. The van der Waals surface area contributed by atoms with E-state index < -0.39 is 20.0 Å². The van der Waals surface area contributed by atoms with E-state index in [1.807, 2.05) is 27.2 Å². The predicted molar refractivity (Wildman–Crippen MR) is 217 cm³/mol. The van der Waals surface area contributed by atoms with E-state index >= 15 is 0 Å². The van der Waals surface area contributed by atoms with Crippen LogP contribution in [-0.2, 0) is 18.4 Å². The molecule has 0 aromatic heterocycles. The second-order valence-corrected chi connectivity index (χ2v) is 16.8. The minimum Gasteiger partial charge on any atom is -0.387 e. The van der Waals surface area contributed by atoms with E-state index in [0.29, 0.717) is 17.4 Å². The van der Waals surface area contributed by atoms with Crippen LogP contribution < -0.4 is 5.32 Å². The van der Waals surface area contributed by atoms with E-state index in [0.717, 1.165) is 51.4 Å². The molecule has 0 spiro atoms. The maximum absolute atomic E-state index is 12.8. The van der Waals surface area contributed by atoms with Gasteiger partial charge in [-0.15, -0.1) is 0 Å². The minimum absolute atomic E-state index is 0.0543. The van der Waals surface area contributed by atoms with Gasteiger partial charge >= 0.3 is 7.82 Å². The lowest BCUT2D eigenvalue weighted by molar-refractivity contribution is -0.870. The van der Waals surface area contributed by atoms with E-state index in [1.54, 1.807) is 6.08 Å². The van der Waals surface area contributed by atoms with E-state index in [1.165, 1.54) is 103 Å². The summed E-state index contributed by atoms with van der Waals surface area (Å²) in [6, 6.07) is -0.864. The summed E-state index contributed by atoms with van der Waals surface area (Å²) >= 11 is 0. The number of aliphatic hydroxyl groups is 1. The van der Waals surface area contributed by atoms with Crippen molar-refractivity contribution in [1.82, 2.24) is 5.32 Å². The van der Waals surface area contributed by atoms with Gasteiger partial charge in [-0.05, 0) is 44.9 Å². The van der Waals surface area contributed by atoms with E-state index in [-0.39, 0.29) is 19.1 Å². The number of carbonyl (C=O) groups excluding carboxylic acids is 1. The fourth-order valence-corrected chi connectivity index (χ4v) is 6.45. The maximum Gasteiger partial charge on any atom is 0.472 e. The van der Waals surface area contributed by atoms with Gasteiger partial charge in [0, 0.05) is 6.42 Å². The van der Waals surface area contributed by atoms with Crippen LogP contribution in [0.3, 0.4) is 0 Å². The molecule has 1 amide bonds. The van der Waals surface area contributed by atoms with Gasteiger partial charge in [0.1, 0.15) is 13.2 Å². The zero-order valence-electron chi connectivity index (χ0n) is 33.8. The van der Waals surface area contributed by atoms with Crippen LogP contribution in [0.25, 0.3) is 0 Å². The highest BCUT2D eigenvalue weighted by Gasteiger charge is 2.27. The van der Waals surface area contributed by atoms with Gasteiger partial charge in [0.05, 0.1) is 39.9 Å². The molecule has 0 saturated heterocycles. The number of aliphatic hydroxyl groups excluding tert-OH is 1.